The Morgan fingerprint density at radius 1 is 1.47 bits per heavy atom. The van der Waals surface area contributed by atoms with Crippen LogP contribution in [0.4, 0.5) is 19.0 Å². The third-order valence-corrected chi connectivity index (χ3v) is 1.82. The third kappa shape index (κ3) is 4.25. The van der Waals surface area contributed by atoms with Crippen LogP contribution in [0.2, 0.25) is 0 Å². The molecular weight excluding hydrogens is 239 g/mol. The molecule has 8 heteroatoms. The average molecular weight is 249 g/mol. The lowest BCUT2D eigenvalue weighted by Gasteiger charge is -2.16. The van der Waals surface area contributed by atoms with Gasteiger partial charge in [0.1, 0.15) is 0 Å². The predicted octanol–water partition coefficient (Wildman–Crippen LogP) is 1.93. The highest BCUT2D eigenvalue weighted by Crippen LogP contribution is 2.23. The van der Waals surface area contributed by atoms with Crippen molar-refractivity contribution in [3.8, 4) is 0 Å². The van der Waals surface area contributed by atoms with Crippen LogP contribution in [0.1, 0.15) is 23.8 Å². The molecule has 0 saturated heterocycles. The van der Waals surface area contributed by atoms with Crippen molar-refractivity contribution >= 4 is 11.8 Å². The van der Waals surface area contributed by atoms with Crippen LogP contribution in [0, 0.1) is 0 Å². The van der Waals surface area contributed by atoms with Crippen LogP contribution in [0.15, 0.2) is 12.4 Å². The van der Waals surface area contributed by atoms with Crippen molar-refractivity contribution < 1.29 is 23.1 Å². The number of nitrogens with one attached hydrogen (secondary N) is 1. The largest absolute Gasteiger partial charge is 0.476 e. The molecule has 0 spiro atoms. The van der Waals surface area contributed by atoms with E-state index in [2.05, 4.69) is 15.3 Å². The first kappa shape index (κ1) is 13.2. The Morgan fingerprint density at radius 3 is 2.59 bits per heavy atom. The maximum Gasteiger partial charge on any atom is 0.391 e. The van der Waals surface area contributed by atoms with Crippen molar-refractivity contribution in [2.24, 2.45) is 0 Å². The van der Waals surface area contributed by atoms with Crippen molar-refractivity contribution in [3.05, 3.63) is 18.1 Å². The number of nitrogens with zero attached hydrogens (tertiary/aromatic N) is 2. The van der Waals surface area contributed by atoms with Crippen LogP contribution in [0.25, 0.3) is 0 Å². The highest BCUT2D eigenvalue weighted by Gasteiger charge is 2.30. The van der Waals surface area contributed by atoms with Gasteiger partial charge in [0.25, 0.3) is 0 Å². The molecule has 0 bridgehead atoms. The fourth-order valence-corrected chi connectivity index (χ4v) is 1.23. The molecule has 0 radical (unpaired) electrons. The highest BCUT2D eigenvalue weighted by molar-refractivity contribution is 5.90. The summed E-state index contributed by atoms with van der Waals surface area (Å²) in [5.41, 5.74) is -0.401. The normalized spacial score (nSPS) is 13.2. The van der Waals surface area contributed by atoms with Gasteiger partial charge in [0.2, 0.25) is 0 Å². The Morgan fingerprint density at radius 2 is 2.06 bits per heavy atom. The van der Waals surface area contributed by atoms with Crippen LogP contribution >= 0.6 is 0 Å². The Hall–Kier alpha value is -1.86. The van der Waals surface area contributed by atoms with Crippen molar-refractivity contribution in [2.45, 2.75) is 25.6 Å². The number of halogens is 3. The summed E-state index contributed by atoms with van der Waals surface area (Å²) in [6.07, 6.45) is -3.04. The van der Waals surface area contributed by atoms with Crippen LogP contribution in [-0.2, 0) is 0 Å². The second-order valence-electron chi connectivity index (χ2n) is 3.42. The monoisotopic (exact) mass is 249 g/mol. The van der Waals surface area contributed by atoms with Gasteiger partial charge in [0, 0.05) is 18.4 Å². The molecule has 1 unspecified atom stereocenters. The van der Waals surface area contributed by atoms with E-state index in [4.69, 9.17) is 5.11 Å². The molecule has 0 aliphatic rings. The number of hydrogen-bond donors (Lipinski definition) is 2. The number of hydrogen-bond acceptors (Lipinski definition) is 4. The number of aromatic carboxylic acids is 1. The summed E-state index contributed by atoms with van der Waals surface area (Å²) in [5, 5.41) is 11.1. The van der Waals surface area contributed by atoms with E-state index in [1.807, 2.05) is 0 Å². The highest BCUT2D eigenvalue weighted by atomic mass is 19.4. The fraction of sp³-hybridized carbons (Fsp3) is 0.444. The Bertz CT molecular complexity index is 409. The number of carboxylic acid groups (broad SMARTS) is 1. The minimum atomic E-state index is -4.32. The van der Waals surface area contributed by atoms with Gasteiger partial charge in [-0.25, -0.2) is 14.8 Å². The molecule has 5 nitrogen and oxygen atoms in total. The molecule has 0 fully saturated rings. The summed E-state index contributed by atoms with van der Waals surface area (Å²) in [5.74, 6) is -1.52. The standard InChI is InChI=1S/C9H10F3N3O2/c1-5(4-9(10,11)12)15-7-6(8(16)17)13-2-3-14-7/h2-3,5H,4H2,1H3,(H,14,15)(H,16,17). The molecule has 0 saturated carbocycles. The van der Waals surface area contributed by atoms with Crippen molar-refractivity contribution in [2.75, 3.05) is 5.32 Å². The number of carbonyl (C=O) groups is 1. The van der Waals surface area contributed by atoms with Crippen LogP contribution in [-0.4, -0.2) is 33.3 Å². The van der Waals surface area contributed by atoms with E-state index in [0.717, 1.165) is 6.20 Å². The van der Waals surface area contributed by atoms with Gasteiger partial charge in [0.15, 0.2) is 11.5 Å². The van der Waals surface area contributed by atoms with E-state index in [9.17, 15) is 18.0 Å². The summed E-state index contributed by atoms with van der Waals surface area (Å²) in [4.78, 5) is 17.9. The molecule has 1 atom stereocenters. The summed E-state index contributed by atoms with van der Waals surface area (Å²) in [6, 6.07) is -0.982. The van der Waals surface area contributed by atoms with Crippen LogP contribution in [0.5, 0.6) is 0 Å². The van der Waals surface area contributed by atoms with Crippen molar-refractivity contribution in [1.29, 1.82) is 0 Å². The van der Waals surface area contributed by atoms with E-state index in [1.165, 1.54) is 13.1 Å². The zero-order valence-electron chi connectivity index (χ0n) is 8.82. The minimum absolute atomic E-state index is 0.170. The molecule has 1 aromatic heterocycles. The number of rotatable bonds is 4. The quantitative estimate of drug-likeness (QED) is 0.852. The summed E-state index contributed by atoms with van der Waals surface area (Å²) < 4.78 is 36.2. The maximum atomic E-state index is 12.1. The fourth-order valence-electron chi connectivity index (χ4n) is 1.23. The number of aromatic nitrogens is 2. The minimum Gasteiger partial charge on any atom is -0.476 e. The lowest BCUT2D eigenvalue weighted by molar-refractivity contribution is -0.136. The number of carboxylic acids is 1. The van der Waals surface area contributed by atoms with Gasteiger partial charge in [-0.1, -0.05) is 0 Å². The first-order chi connectivity index (χ1) is 7.79. The van der Waals surface area contributed by atoms with E-state index in [-0.39, 0.29) is 5.82 Å². The van der Waals surface area contributed by atoms with Gasteiger partial charge < -0.3 is 10.4 Å². The maximum absolute atomic E-state index is 12.1. The van der Waals surface area contributed by atoms with Gasteiger partial charge in [-0.3, -0.25) is 0 Å². The zero-order chi connectivity index (χ0) is 13.1. The molecule has 1 rings (SSSR count). The molecule has 2 N–H and O–H groups in total. The van der Waals surface area contributed by atoms with E-state index in [1.54, 1.807) is 0 Å². The van der Waals surface area contributed by atoms with Crippen molar-refractivity contribution in [3.63, 3.8) is 0 Å². The average Bonchev–Trinajstić information content (AvgIpc) is 2.14. The van der Waals surface area contributed by atoms with E-state index >= 15 is 0 Å². The summed E-state index contributed by atoms with van der Waals surface area (Å²) in [6.45, 7) is 1.29. The first-order valence-corrected chi connectivity index (χ1v) is 4.67. The Balaban J connectivity index is 2.78. The molecule has 0 aliphatic heterocycles. The Labute approximate surface area is 94.7 Å². The van der Waals surface area contributed by atoms with Gasteiger partial charge in [0.05, 0.1) is 6.42 Å². The third-order valence-electron chi connectivity index (χ3n) is 1.82. The summed E-state index contributed by atoms with van der Waals surface area (Å²) in [7, 11) is 0. The molecule has 0 amide bonds. The lowest BCUT2D eigenvalue weighted by Crippen LogP contribution is -2.25. The van der Waals surface area contributed by atoms with Gasteiger partial charge in [-0.2, -0.15) is 13.2 Å². The predicted molar refractivity (Wildman–Crippen MR) is 52.7 cm³/mol. The van der Waals surface area contributed by atoms with Gasteiger partial charge >= 0.3 is 12.1 Å². The molecule has 0 aromatic carbocycles. The van der Waals surface area contributed by atoms with Crippen LogP contribution in [0.3, 0.4) is 0 Å². The number of alkyl halides is 3. The zero-order valence-corrected chi connectivity index (χ0v) is 8.82. The van der Waals surface area contributed by atoms with Crippen LogP contribution < -0.4 is 5.32 Å². The first-order valence-electron chi connectivity index (χ1n) is 4.67. The van der Waals surface area contributed by atoms with Gasteiger partial charge in [-0.15, -0.1) is 0 Å². The van der Waals surface area contributed by atoms with E-state index in [0.29, 0.717) is 0 Å². The van der Waals surface area contributed by atoms with Crippen molar-refractivity contribution in [1.82, 2.24) is 9.97 Å². The number of anilines is 1. The molecule has 94 valence electrons. The molecule has 1 aromatic rings. The van der Waals surface area contributed by atoms with E-state index < -0.39 is 30.3 Å². The second-order valence-corrected chi connectivity index (χ2v) is 3.42. The molecule has 1 heterocycles. The molecule has 17 heavy (non-hydrogen) atoms. The molecular formula is C9H10F3N3O2. The topological polar surface area (TPSA) is 75.1 Å². The lowest BCUT2D eigenvalue weighted by atomic mass is 10.2. The van der Waals surface area contributed by atoms with Gasteiger partial charge in [-0.05, 0) is 6.92 Å². The Kier molecular flexibility index (Phi) is 3.87. The SMILES string of the molecule is CC(CC(F)(F)F)Nc1nccnc1C(=O)O. The second kappa shape index (κ2) is 4.98. The summed E-state index contributed by atoms with van der Waals surface area (Å²) >= 11 is 0. The smallest absolute Gasteiger partial charge is 0.391 e. The molecule has 0 aliphatic carbocycles.